The second-order valence-electron chi connectivity index (χ2n) is 4.59. The topological polar surface area (TPSA) is 130 Å². The zero-order valence-electron chi connectivity index (χ0n) is 12.5. The number of nitrogens with zero attached hydrogens (tertiary/aromatic N) is 6. The number of carboxylic acids is 1. The van der Waals surface area contributed by atoms with Gasteiger partial charge in [-0.15, -0.1) is 10.2 Å². The Morgan fingerprint density at radius 1 is 1.33 bits per heavy atom. The van der Waals surface area contributed by atoms with Crippen molar-refractivity contribution in [2.75, 3.05) is 13.1 Å². The molecule has 0 spiro atoms. The molecule has 24 heavy (non-hydrogen) atoms. The highest BCUT2D eigenvalue weighted by Gasteiger charge is 2.36. The molecule has 0 bridgehead atoms. The molecule has 0 saturated carbocycles. The van der Waals surface area contributed by atoms with Gasteiger partial charge >= 0.3 is 12.1 Å². The second-order valence-corrected chi connectivity index (χ2v) is 4.59. The molecule has 2 aromatic heterocycles. The number of nitrogens with one attached hydrogen (secondary N) is 1. The summed E-state index contributed by atoms with van der Waals surface area (Å²) < 4.78 is 38.4. The third-order valence-electron chi connectivity index (χ3n) is 2.89. The van der Waals surface area contributed by atoms with Gasteiger partial charge in [0.25, 0.3) is 11.9 Å². The molecule has 0 saturated heterocycles. The molecule has 13 heteroatoms. The predicted molar refractivity (Wildman–Crippen MR) is 70.3 cm³/mol. The molecule has 2 heterocycles. The van der Waals surface area contributed by atoms with E-state index >= 15 is 0 Å². The number of rotatable bonds is 5. The number of carbonyl (C=O) groups excluding carboxylic acids is 1. The van der Waals surface area contributed by atoms with Gasteiger partial charge in [-0.25, -0.2) is 4.98 Å². The molecule has 0 aliphatic heterocycles. The van der Waals surface area contributed by atoms with Crippen LogP contribution >= 0.6 is 0 Å². The van der Waals surface area contributed by atoms with Gasteiger partial charge in [-0.1, -0.05) is 0 Å². The van der Waals surface area contributed by atoms with E-state index in [1.165, 1.54) is 6.92 Å². The quantitative estimate of drug-likeness (QED) is 0.793. The third-order valence-corrected chi connectivity index (χ3v) is 2.89. The van der Waals surface area contributed by atoms with Crippen LogP contribution in [0.4, 0.5) is 13.2 Å². The first-order valence-corrected chi connectivity index (χ1v) is 6.58. The number of H-pyrrole nitrogens is 1. The minimum Gasteiger partial charge on any atom is -0.480 e. The summed E-state index contributed by atoms with van der Waals surface area (Å²) in [5.41, 5.74) is 0. The monoisotopic (exact) mass is 347 g/mol. The lowest BCUT2D eigenvalue weighted by molar-refractivity contribution is -0.144. The summed E-state index contributed by atoms with van der Waals surface area (Å²) in [5, 5.41) is 17.6. The van der Waals surface area contributed by atoms with Gasteiger partial charge in [0.1, 0.15) is 12.4 Å². The first kappa shape index (κ1) is 17.4. The minimum atomic E-state index is -4.71. The molecule has 0 radical (unpaired) electrons. The van der Waals surface area contributed by atoms with E-state index in [0.29, 0.717) is 0 Å². The number of halogens is 3. The minimum absolute atomic E-state index is 0.0671. The van der Waals surface area contributed by atoms with Gasteiger partial charge in [-0.05, 0) is 13.8 Å². The van der Waals surface area contributed by atoms with Crippen LogP contribution in [-0.2, 0) is 11.0 Å². The van der Waals surface area contributed by atoms with E-state index in [2.05, 4.69) is 20.2 Å². The zero-order chi connectivity index (χ0) is 18.1. The molecule has 0 aliphatic rings. The number of aromatic nitrogens is 6. The Bertz CT molecular complexity index is 767. The number of carboxylic acid groups (broad SMARTS) is 1. The fraction of sp³-hybridized carbons (Fsp3) is 0.455. The van der Waals surface area contributed by atoms with Crippen molar-refractivity contribution in [1.29, 1.82) is 0 Å². The number of hydrogen-bond acceptors (Lipinski definition) is 6. The fourth-order valence-electron chi connectivity index (χ4n) is 1.78. The van der Waals surface area contributed by atoms with Crippen LogP contribution in [0, 0.1) is 6.92 Å². The maximum atomic E-state index is 12.5. The van der Waals surface area contributed by atoms with Gasteiger partial charge in [-0.2, -0.15) is 22.8 Å². The van der Waals surface area contributed by atoms with Crippen LogP contribution in [0.15, 0.2) is 0 Å². The van der Waals surface area contributed by atoms with E-state index in [1.807, 2.05) is 0 Å². The Balaban J connectivity index is 2.31. The summed E-state index contributed by atoms with van der Waals surface area (Å²) in [6, 6.07) is 0. The molecular weight excluding hydrogens is 335 g/mol. The number of aryl methyl sites for hydroxylation is 1. The molecule has 0 aromatic carbocycles. The lowest BCUT2D eigenvalue weighted by Crippen LogP contribution is -2.36. The molecule has 2 aromatic rings. The van der Waals surface area contributed by atoms with Crippen LogP contribution in [0.3, 0.4) is 0 Å². The summed E-state index contributed by atoms with van der Waals surface area (Å²) in [4.78, 5) is 30.9. The van der Waals surface area contributed by atoms with Crippen molar-refractivity contribution in [2.45, 2.75) is 20.0 Å². The van der Waals surface area contributed by atoms with Gasteiger partial charge in [0, 0.05) is 6.54 Å². The van der Waals surface area contributed by atoms with Crippen molar-refractivity contribution in [2.24, 2.45) is 0 Å². The van der Waals surface area contributed by atoms with E-state index in [-0.39, 0.29) is 18.2 Å². The molecule has 130 valence electrons. The van der Waals surface area contributed by atoms with Crippen LogP contribution in [0.5, 0.6) is 0 Å². The Morgan fingerprint density at radius 3 is 2.50 bits per heavy atom. The van der Waals surface area contributed by atoms with Crippen LogP contribution in [-0.4, -0.2) is 64.9 Å². The van der Waals surface area contributed by atoms with Crippen molar-refractivity contribution in [3.05, 3.63) is 17.5 Å². The summed E-state index contributed by atoms with van der Waals surface area (Å²) >= 11 is 0. The van der Waals surface area contributed by atoms with Crippen LogP contribution in [0.2, 0.25) is 0 Å². The first-order chi connectivity index (χ1) is 11.1. The van der Waals surface area contributed by atoms with E-state index < -0.39 is 36.4 Å². The molecular formula is C11H12F3N7O3. The Hall–Kier alpha value is -2.99. The van der Waals surface area contributed by atoms with Crippen molar-refractivity contribution < 1.29 is 27.9 Å². The normalized spacial score (nSPS) is 11.5. The van der Waals surface area contributed by atoms with Crippen molar-refractivity contribution in [1.82, 2.24) is 34.8 Å². The number of amides is 1. The number of aliphatic carboxylic acids is 1. The maximum absolute atomic E-state index is 12.5. The zero-order valence-corrected chi connectivity index (χ0v) is 12.5. The number of carbonyl (C=O) groups is 2. The summed E-state index contributed by atoms with van der Waals surface area (Å²) in [6.07, 6.45) is -4.71. The molecule has 0 unspecified atom stereocenters. The molecule has 0 aliphatic carbocycles. The lowest BCUT2D eigenvalue weighted by Gasteiger charge is -2.15. The van der Waals surface area contributed by atoms with Gasteiger partial charge < -0.3 is 10.0 Å². The highest BCUT2D eigenvalue weighted by molar-refractivity contribution is 5.92. The lowest BCUT2D eigenvalue weighted by atomic mass is 10.4. The SMILES string of the molecule is CCN(CC(=O)O)C(=O)c1nc(C)n(-c2n[nH]c(C(F)(F)F)n2)n1. The summed E-state index contributed by atoms with van der Waals surface area (Å²) in [6.45, 7) is 2.50. The van der Waals surface area contributed by atoms with Gasteiger partial charge in [0.2, 0.25) is 11.6 Å². The fourth-order valence-corrected chi connectivity index (χ4v) is 1.78. The second kappa shape index (κ2) is 6.25. The van der Waals surface area contributed by atoms with Gasteiger partial charge in [0.15, 0.2) is 0 Å². The van der Waals surface area contributed by atoms with E-state index in [9.17, 15) is 22.8 Å². The van der Waals surface area contributed by atoms with E-state index in [1.54, 1.807) is 12.0 Å². The third kappa shape index (κ3) is 3.49. The van der Waals surface area contributed by atoms with E-state index in [4.69, 9.17) is 5.11 Å². The Labute approximate surface area is 132 Å². The number of alkyl halides is 3. The smallest absolute Gasteiger partial charge is 0.451 e. The molecule has 2 N–H and O–H groups in total. The average Bonchev–Trinajstić information content (AvgIpc) is 3.09. The van der Waals surface area contributed by atoms with E-state index in [0.717, 1.165) is 9.58 Å². The predicted octanol–water partition coefficient (Wildman–Crippen LogP) is 0.259. The maximum Gasteiger partial charge on any atom is 0.451 e. The summed E-state index contributed by atoms with van der Waals surface area (Å²) in [7, 11) is 0. The van der Waals surface area contributed by atoms with Crippen LogP contribution in [0.1, 0.15) is 29.2 Å². The summed E-state index contributed by atoms with van der Waals surface area (Å²) in [5.74, 6) is -4.04. The Morgan fingerprint density at radius 2 is 2.00 bits per heavy atom. The van der Waals surface area contributed by atoms with Gasteiger partial charge in [0.05, 0.1) is 0 Å². The number of aromatic amines is 1. The average molecular weight is 347 g/mol. The largest absolute Gasteiger partial charge is 0.480 e. The van der Waals surface area contributed by atoms with Gasteiger partial charge in [-0.3, -0.25) is 14.7 Å². The standard InChI is InChI=1S/C11H12F3N7O3/c1-3-20(4-6(22)23)8(24)7-15-5(2)21(19-7)10-16-9(17-18-10)11(12,13)14/h3-4H2,1-2H3,(H,22,23)(H,16,17,18). The molecule has 2 rings (SSSR count). The highest BCUT2D eigenvalue weighted by atomic mass is 19.4. The van der Waals surface area contributed by atoms with Crippen molar-refractivity contribution >= 4 is 11.9 Å². The number of likely N-dealkylation sites (N-methyl/N-ethyl adjacent to an activating group) is 1. The van der Waals surface area contributed by atoms with Crippen LogP contribution < -0.4 is 0 Å². The van der Waals surface area contributed by atoms with Crippen molar-refractivity contribution in [3.63, 3.8) is 0 Å². The highest BCUT2D eigenvalue weighted by Crippen LogP contribution is 2.26. The number of hydrogen-bond donors (Lipinski definition) is 2. The first-order valence-electron chi connectivity index (χ1n) is 6.58. The molecule has 10 nitrogen and oxygen atoms in total. The molecule has 1 amide bonds. The molecule has 0 atom stereocenters. The Kier molecular flexibility index (Phi) is 4.52. The van der Waals surface area contributed by atoms with Crippen molar-refractivity contribution in [3.8, 4) is 5.95 Å². The van der Waals surface area contributed by atoms with Crippen LogP contribution in [0.25, 0.3) is 5.95 Å². The molecule has 0 fully saturated rings.